The van der Waals surface area contributed by atoms with E-state index in [4.69, 9.17) is 4.42 Å². The highest BCUT2D eigenvalue weighted by molar-refractivity contribution is 5.74. The van der Waals surface area contributed by atoms with Gasteiger partial charge in [0.2, 0.25) is 5.89 Å². The van der Waals surface area contributed by atoms with Gasteiger partial charge in [-0.15, -0.1) is 0 Å². The number of nitrogens with zero attached hydrogens (tertiary/aromatic N) is 1. The Bertz CT molecular complexity index is 747. The van der Waals surface area contributed by atoms with Gasteiger partial charge in [-0.05, 0) is 38.3 Å². The summed E-state index contributed by atoms with van der Waals surface area (Å²) in [6.07, 6.45) is 2.97. The van der Waals surface area contributed by atoms with Crippen molar-refractivity contribution in [2.75, 3.05) is 0 Å². The third-order valence-corrected chi connectivity index (χ3v) is 4.04. The van der Waals surface area contributed by atoms with E-state index in [9.17, 15) is 14.7 Å². The molecule has 140 valence electrons. The third kappa shape index (κ3) is 5.52. The molecule has 2 aromatic rings. The zero-order chi connectivity index (χ0) is 19.3. The van der Waals surface area contributed by atoms with E-state index in [0.717, 1.165) is 23.0 Å². The number of benzene rings is 1. The number of carboxylic acid groups (broad SMARTS) is 1. The summed E-state index contributed by atoms with van der Waals surface area (Å²) in [6, 6.07) is 4.61. The van der Waals surface area contributed by atoms with Crippen LogP contribution in [0.5, 0.6) is 0 Å². The molecule has 2 atom stereocenters. The molecule has 0 aliphatic rings. The Kier molecular flexibility index (Phi) is 6.69. The molecule has 26 heavy (non-hydrogen) atoms. The van der Waals surface area contributed by atoms with E-state index >= 15 is 0 Å². The Balaban J connectivity index is 2.13. The second-order valence-electron chi connectivity index (χ2n) is 7.15. The van der Waals surface area contributed by atoms with E-state index in [1.54, 1.807) is 0 Å². The third-order valence-electron chi connectivity index (χ3n) is 4.04. The Morgan fingerprint density at radius 3 is 2.46 bits per heavy atom. The zero-order valence-corrected chi connectivity index (χ0v) is 15.7. The summed E-state index contributed by atoms with van der Waals surface area (Å²) >= 11 is 0. The van der Waals surface area contributed by atoms with Gasteiger partial charge in [-0.1, -0.05) is 31.0 Å². The van der Waals surface area contributed by atoms with Crippen molar-refractivity contribution in [1.29, 1.82) is 0 Å². The number of nitrogens with one attached hydrogen (secondary N) is 1. The van der Waals surface area contributed by atoms with Gasteiger partial charge < -0.3 is 14.3 Å². The van der Waals surface area contributed by atoms with E-state index in [2.05, 4.69) is 16.4 Å². The smallest absolute Gasteiger partial charge is 0.321 e. The molecule has 2 rings (SSSR count). The van der Waals surface area contributed by atoms with E-state index in [-0.39, 0.29) is 12.3 Å². The molecule has 0 unspecified atom stereocenters. The number of aromatic nitrogens is 1. The summed E-state index contributed by atoms with van der Waals surface area (Å²) in [4.78, 5) is 27.2. The largest absolute Gasteiger partial charge is 0.480 e. The van der Waals surface area contributed by atoms with E-state index < -0.39 is 18.1 Å². The van der Waals surface area contributed by atoms with Crippen molar-refractivity contribution in [3.63, 3.8) is 0 Å². The first kappa shape index (κ1) is 19.8. The maximum atomic E-state index is 11.6. The number of carbonyl (C=O) groups excluding carboxylic acids is 1. The molecular formula is C20H26N2O4. The number of carbonyl (C=O) groups is 2. The summed E-state index contributed by atoms with van der Waals surface area (Å²) in [5.74, 6) is -0.267. The molecule has 0 saturated carbocycles. The maximum absolute atomic E-state index is 11.6. The molecule has 0 amide bonds. The van der Waals surface area contributed by atoms with Crippen LogP contribution in [0.1, 0.15) is 37.1 Å². The fourth-order valence-electron chi connectivity index (χ4n) is 2.99. The van der Waals surface area contributed by atoms with Crippen LogP contribution in [0.25, 0.3) is 11.5 Å². The highest BCUT2D eigenvalue weighted by Gasteiger charge is 2.24. The summed E-state index contributed by atoms with van der Waals surface area (Å²) < 4.78 is 5.54. The van der Waals surface area contributed by atoms with Crippen LogP contribution in [0, 0.1) is 19.8 Å². The normalized spacial score (nSPS) is 13.6. The van der Waals surface area contributed by atoms with Gasteiger partial charge in [-0.25, -0.2) is 4.98 Å². The van der Waals surface area contributed by atoms with Gasteiger partial charge >= 0.3 is 5.97 Å². The highest BCUT2D eigenvalue weighted by atomic mass is 16.4. The first-order valence-electron chi connectivity index (χ1n) is 8.75. The molecule has 0 aliphatic heterocycles. The van der Waals surface area contributed by atoms with Crippen LogP contribution < -0.4 is 5.32 Å². The number of hydrogen-bond acceptors (Lipinski definition) is 5. The lowest BCUT2D eigenvalue weighted by Crippen LogP contribution is -2.46. The Morgan fingerprint density at radius 2 is 1.92 bits per heavy atom. The SMILES string of the molecule is Cc1cc(C)cc(-c2nc(C[C@H](N[C@H](C=O)CC(C)C)C(=O)O)co2)c1. The molecule has 0 bridgehead atoms. The van der Waals surface area contributed by atoms with Crippen molar-refractivity contribution < 1.29 is 19.1 Å². The minimum absolute atomic E-state index is 0.145. The van der Waals surface area contributed by atoms with Crippen molar-refractivity contribution in [1.82, 2.24) is 10.3 Å². The number of aldehydes is 1. The van der Waals surface area contributed by atoms with Crippen LogP contribution >= 0.6 is 0 Å². The van der Waals surface area contributed by atoms with Crippen molar-refractivity contribution in [2.45, 2.75) is 52.6 Å². The summed E-state index contributed by atoms with van der Waals surface area (Å²) in [5, 5.41) is 12.4. The van der Waals surface area contributed by atoms with Crippen LogP contribution in [0.15, 0.2) is 28.9 Å². The average molecular weight is 358 g/mol. The summed E-state index contributed by atoms with van der Waals surface area (Å²) in [7, 11) is 0. The van der Waals surface area contributed by atoms with Gasteiger partial charge in [-0.3, -0.25) is 10.1 Å². The topological polar surface area (TPSA) is 92.4 Å². The monoisotopic (exact) mass is 358 g/mol. The standard InChI is InChI=1S/C20H26N2O4/c1-12(2)5-16(10-23)21-18(20(24)25)9-17-11-26-19(22-17)15-7-13(3)6-14(4)8-15/h6-8,10-12,16,18,21H,5,9H2,1-4H3,(H,24,25)/t16-,18-/m0/s1. The number of aryl methyl sites for hydroxylation is 2. The van der Waals surface area contributed by atoms with Crippen LogP contribution in [-0.4, -0.2) is 34.4 Å². The lowest BCUT2D eigenvalue weighted by atomic mass is 10.0. The molecule has 0 radical (unpaired) electrons. The van der Waals surface area contributed by atoms with Crippen molar-refractivity contribution in [2.24, 2.45) is 5.92 Å². The van der Waals surface area contributed by atoms with Crippen LogP contribution in [-0.2, 0) is 16.0 Å². The molecule has 2 N–H and O–H groups in total. The number of oxazole rings is 1. The Hall–Kier alpha value is -2.47. The highest BCUT2D eigenvalue weighted by Crippen LogP contribution is 2.22. The van der Waals surface area contributed by atoms with Crippen molar-refractivity contribution in [3.8, 4) is 11.5 Å². The minimum Gasteiger partial charge on any atom is -0.480 e. The quantitative estimate of drug-likeness (QED) is 0.669. The number of carboxylic acids is 1. The van der Waals surface area contributed by atoms with Gasteiger partial charge in [0, 0.05) is 12.0 Å². The molecule has 6 heteroatoms. The predicted octanol–water partition coefficient (Wildman–Crippen LogP) is 3.16. The zero-order valence-electron chi connectivity index (χ0n) is 15.7. The lowest BCUT2D eigenvalue weighted by molar-refractivity contribution is -0.139. The molecular weight excluding hydrogens is 332 g/mol. The lowest BCUT2D eigenvalue weighted by Gasteiger charge is -2.19. The predicted molar refractivity (Wildman–Crippen MR) is 99.0 cm³/mol. The first-order valence-corrected chi connectivity index (χ1v) is 8.75. The van der Waals surface area contributed by atoms with Crippen LogP contribution in [0.4, 0.5) is 0 Å². The van der Waals surface area contributed by atoms with Gasteiger partial charge in [0.1, 0.15) is 18.6 Å². The van der Waals surface area contributed by atoms with Crippen molar-refractivity contribution in [3.05, 3.63) is 41.3 Å². The second-order valence-corrected chi connectivity index (χ2v) is 7.15. The Morgan fingerprint density at radius 1 is 1.27 bits per heavy atom. The van der Waals surface area contributed by atoms with E-state index in [0.29, 0.717) is 18.0 Å². The molecule has 0 saturated heterocycles. The van der Waals surface area contributed by atoms with E-state index in [1.807, 2.05) is 39.8 Å². The van der Waals surface area contributed by atoms with Crippen LogP contribution in [0.3, 0.4) is 0 Å². The van der Waals surface area contributed by atoms with Crippen molar-refractivity contribution >= 4 is 12.3 Å². The number of rotatable bonds is 9. The number of hydrogen-bond donors (Lipinski definition) is 2. The molecule has 0 spiro atoms. The van der Waals surface area contributed by atoms with E-state index in [1.165, 1.54) is 6.26 Å². The molecule has 6 nitrogen and oxygen atoms in total. The summed E-state index contributed by atoms with van der Waals surface area (Å²) in [5.41, 5.74) is 3.60. The fourth-order valence-corrected chi connectivity index (χ4v) is 2.99. The first-order chi connectivity index (χ1) is 12.3. The van der Waals surface area contributed by atoms with Crippen LogP contribution in [0.2, 0.25) is 0 Å². The van der Waals surface area contributed by atoms with Gasteiger partial charge in [0.05, 0.1) is 11.7 Å². The van der Waals surface area contributed by atoms with Gasteiger partial charge in [0.25, 0.3) is 0 Å². The molecule has 0 aliphatic carbocycles. The second kappa shape index (κ2) is 8.76. The fraction of sp³-hybridized carbons (Fsp3) is 0.450. The summed E-state index contributed by atoms with van der Waals surface area (Å²) in [6.45, 7) is 7.97. The Labute approximate surface area is 153 Å². The maximum Gasteiger partial charge on any atom is 0.321 e. The van der Waals surface area contributed by atoms with Gasteiger partial charge in [0.15, 0.2) is 0 Å². The van der Waals surface area contributed by atoms with Gasteiger partial charge in [-0.2, -0.15) is 0 Å². The number of aliphatic carboxylic acids is 1. The molecule has 0 fully saturated rings. The average Bonchev–Trinajstić information content (AvgIpc) is 3.00. The minimum atomic E-state index is -1.02. The molecule has 1 aromatic carbocycles. The molecule has 1 aromatic heterocycles. The molecule has 1 heterocycles.